The lowest BCUT2D eigenvalue weighted by atomic mass is 10.3. The molecule has 0 atom stereocenters. The second-order valence-electron chi connectivity index (χ2n) is 2.19. The fourth-order valence-electron chi connectivity index (χ4n) is 0.858. The first-order chi connectivity index (χ1) is 5.36. The van der Waals surface area contributed by atoms with Crippen LogP contribution in [0.15, 0.2) is 16.8 Å². The summed E-state index contributed by atoms with van der Waals surface area (Å²) in [4.78, 5) is 4.35. The summed E-state index contributed by atoms with van der Waals surface area (Å²) in [7, 11) is 0. The van der Waals surface area contributed by atoms with Gasteiger partial charge < -0.3 is 0 Å². The molecule has 0 aromatic carbocycles. The van der Waals surface area contributed by atoms with Gasteiger partial charge >= 0.3 is 0 Å². The van der Waals surface area contributed by atoms with E-state index in [4.69, 9.17) is 0 Å². The molecule has 0 aliphatic heterocycles. The SMILES string of the molecule is Cc1nc(-c2[c]scc2)cs1. The second kappa shape index (κ2) is 2.75. The molecule has 1 radical (unpaired) electrons. The fraction of sp³-hybridized carbons (Fsp3) is 0.125. The van der Waals surface area contributed by atoms with E-state index in [1.807, 2.05) is 18.4 Å². The third-order valence-corrected chi connectivity index (χ3v) is 2.75. The number of aromatic nitrogens is 1. The van der Waals surface area contributed by atoms with Crippen LogP contribution in [0.25, 0.3) is 11.3 Å². The summed E-state index contributed by atoms with van der Waals surface area (Å²) in [5.74, 6) is 0. The molecule has 0 unspecified atom stereocenters. The Kier molecular flexibility index (Phi) is 1.75. The van der Waals surface area contributed by atoms with Crippen LogP contribution in [-0.2, 0) is 0 Å². The van der Waals surface area contributed by atoms with Gasteiger partial charge in [-0.1, -0.05) is 0 Å². The number of hydrogen-bond donors (Lipinski definition) is 0. The molecule has 2 aromatic rings. The lowest BCUT2D eigenvalue weighted by Crippen LogP contribution is -1.72. The van der Waals surface area contributed by atoms with Gasteiger partial charge in [0.2, 0.25) is 0 Å². The Hall–Kier alpha value is -0.670. The van der Waals surface area contributed by atoms with Gasteiger partial charge in [-0.25, -0.2) is 4.98 Å². The maximum absolute atomic E-state index is 4.35. The smallest absolute Gasteiger partial charge is 0.0901 e. The van der Waals surface area contributed by atoms with Crippen LogP contribution in [0.2, 0.25) is 0 Å². The Morgan fingerprint density at radius 1 is 1.55 bits per heavy atom. The van der Waals surface area contributed by atoms with Gasteiger partial charge in [0.05, 0.1) is 16.1 Å². The molecule has 0 aliphatic carbocycles. The minimum atomic E-state index is 1.05. The average Bonchev–Trinajstić information content (AvgIpc) is 2.55. The molecule has 1 nitrogen and oxygen atoms in total. The van der Waals surface area contributed by atoms with Crippen LogP contribution in [0, 0.1) is 12.3 Å². The number of thiazole rings is 1. The van der Waals surface area contributed by atoms with E-state index in [1.165, 1.54) is 0 Å². The van der Waals surface area contributed by atoms with Crippen LogP contribution >= 0.6 is 22.7 Å². The molecular weight excluding hydrogens is 174 g/mol. The third kappa shape index (κ3) is 1.34. The highest BCUT2D eigenvalue weighted by Gasteiger charge is 2.00. The van der Waals surface area contributed by atoms with Crippen LogP contribution in [0.1, 0.15) is 5.01 Å². The Balaban J connectivity index is 2.45. The summed E-state index contributed by atoms with van der Waals surface area (Å²) >= 11 is 3.26. The molecule has 3 heteroatoms. The zero-order chi connectivity index (χ0) is 7.68. The van der Waals surface area contributed by atoms with Crippen LogP contribution in [0.3, 0.4) is 0 Å². The minimum Gasteiger partial charge on any atom is -0.241 e. The molecule has 2 heterocycles. The van der Waals surface area contributed by atoms with E-state index in [0.717, 1.165) is 16.3 Å². The Bertz CT molecular complexity index is 335. The van der Waals surface area contributed by atoms with Crippen molar-refractivity contribution in [2.24, 2.45) is 0 Å². The van der Waals surface area contributed by atoms with Crippen LogP contribution < -0.4 is 0 Å². The summed E-state index contributed by atoms with van der Waals surface area (Å²) in [5.41, 5.74) is 2.16. The van der Waals surface area contributed by atoms with E-state index < -0.39 is 0 Å². The molecule has 0 fully saturated rings. The average molecular weight is 180 g/mol. The number of nitrogens with zero attached hydrogens (tertiary/aromatic N) is 1. The Labute approximate surface area is 73.4 Å². The highest BCUT2D eigenvalue weighted by molar-refractivity contribution is 7.10. The van der Waals surface area contributed by atoms with Crippen molar-refractivity contribution in [2.75, 3.05) is 0 Å². The van der Waals surface area contributed by atoms with E-state index in [1.54, 1.807) is 22.7 Å². The maximum atomic E-state index is 4.35. The molecule has 2 rings (SSSR count). The van der Waals surface area contributed by atoms with Crippen molar-refractivity contribution < 1.29 is 0 Å². The molecule has 0 N–H and O–H groups in total. The monoisotopic (exact) mass is 180 g/mol. The lowest BCUT2D eigenvalue weighted by Gasteiger charge is -1.84. The van der Waals surface area contributed by atoms with Gasteiger partial charge in [-0.05, 0) is 18.4 Å². The van der Waals surface area contributed by atoms with E-state index in [-0.39, 0.29) is 0 Å². The first kappa shape index (κ1) is 7.00. The number of thiophene rings is 1. The van der Waals surface area contributed by atoms with Gasteiger partial charge in [0.15, 0.2) is 0 Å². The van der Waals surface area contributed by atoms with E-state index in [9.17, 15) is 0 Å². The van der Waals surface area contributed by atoms with E-state index in [0.29, 0.717) is 0 Å². The van der Waals surface area contributed by atoms with E-state index in [2.05, 4.69) is 15.7 Å². The Morgan fingerprint density at radius 3 is 3.00 bits per heavy atom. The molecule has 55 valence electrons. The summed E-state index contributed by atoms with van der Waals surface area (Å²) in [6.07, 6.45) is 0. The van der Waals surface area contributed by atoms with Gasteiger partial charge in [-0.2, -0.15) is 0 Å². The van der Waals surface area contributed by atoms with Crippen molar-refractivity contribution >= 4 is 22.7 Å². The molecule has 0 amide bonds. The topological polar surface area (TPSA) is 12.9 Å². The highest BCUT2D eigenvalue weighted by Crippen LogP contribution is 2.22. The van der Waals surface area contributed by atoms with E-state index >= 15 is 0 Å². The summed E-state index contributed by atoms with van der Waals surface area (Å²) in [6.45, 7) is 2.01. The molecule has 2 aromatic heterocycles. The van der Waals surface area contributed by atoms with Crippen LogP contribution in [0.4, 0.5) is 0 Å². The third-order valence-electron chi connectivity index (χ3n) is 1.37. The van der Waals surface area contributed by atoms with Gasteiger partial charge in [-0.15, -0.1) is 22.7 Å². The number of rotatable bonds is 1. The Morgan fingerprint density at radius 2 is 2.45 bits per heavy atom. The zero-order valence-corrected chi connectivity index (χ0v) is 7.63. The lowest BCUT2D eigenvalue weighted by molar-refractivity contribution is 1.30. The minimum absolute atomic E-state index is 1.05. The fourth-order valence-corrected chi connectivity index (χ4v) is 2.04. The first-order valence-electron chi connectivity index (χ1n) is 3.24. The van der Waals surface area contributed by atoms with Gasteiger partial charge in [0.1, 0.15) is 0 Å². The van der Waals surface area contributed by atoms with Crippen molar-refractivity contribution in [2.45, 2.75) is 6.92 Å². The van der Waals surface area contributed by atoms with Crippen LogP contribution in [0.5, 0.6) is 0 Å². The number of hydrogen-bond acceptors (Lipinski definition) is 3. The first-order valence-corrected chi connectivity index (χ1v) is 5.00. The summed E-state index contributed by atoms with van der Waals surface area (Å²) < 4.78 is 0. The van der Waals surface area contributed by atoms with Crippen LogP contribution in [-0.4, -0.2) is 4.98 Å². The predicted molar refractivity (Wildman–Crippen MR) is 49.0 cm³/mol. The van der Waals surface area contributed by atoms with Crippen molar-refractivity contribution in [3.05, 3.63) is 27.2 Å². The summed E-state index contributed by atoms with van der Waals surface area (Å²) in [6, 6.07) is 2.04. The molecule has 0 saturated heterocycles. The highest BCUT2D eigenvalue weighted by atomic mass is 32.1. The number of aryl methyl sites for hydroxylation is 1. The van der Waals surface area contributed by atoms with Crippen molar-refractivity contribution in [3.63, 3.8) is 0 Å². The van der Waals surface area contributed by atoms with Crippen molar-refractivity contribution in [1.29, 1.82) is 0 Å². The largest absolute Gasteiger partial charge is 0.241 e. The molecule has 0 saturated carbocycles. The standard InChI is InChI=1S/C8H6NS2/c1-6-9-8(5-11-6)7-2-3-10-4-7/h2-3,5H,1H3. The molecular formula is C8H6NS2. The predicted octanol–water partition coefficient (Wildman–Crippen LogP) is 2.98. The molecule has 0 spiro atoms. The maximum Gasteiger partial charge on any atom is 0.0901 e. The van der Waals surface area contributed by atoms with Gasteiger partial charge in [0.25, 0.3) is 0 Å². The quantitative estimate of drug-likeness (QED) is 0.657. The normalized spacial score (nSPS) is 10.3. The molecule has 0 bridgehead atoms. The van der Waals surface area contributed by atoms with Crippen molar-refractivity contribution in [1.82, 2.24) is 4.98 Å². The second-order valence-corrected chi connectivity index (χ2v) is 3.96. The molecule has 11 heavy (non-hydrogen) atoms. The molecule has 0 aliphatic rings. The summed E-state index contributed by atoms with van der Waals surface area (Å²) in [5, 5.41) is 8.34. The van der Waals surface area contributed by atoms with Crippen molar-refractivity contribution in [3.8, 4) is 11.3 Å². The zero-order valence-electron chi connectivity index (χ0n) is 6.00. The van der Waals surface area contributed by atoms with Gasteiger partial charge in [-0.3, -0.25) is 0 Å². The van der Waals surface area contributed by atoms with Gasteiger partial charge in [0, 0.05) is 10.9 Å².